The summed E-state index contributed by atoms with van der Waals surface area (Å²) in [7, 11) is 3.85. The van der Waals surface area contributed by atoms with Crippen LogP contribution in [-0.2, 0) is 4.74 Å². The van der Waals surface area contributed by atoms with Gasteiger partial charge in [-0.15, -0.1) is 0 Å². The molecule has 0 radical (unpaired) electrons. The van der Waals surface area contributed by atoms with Crippen molar-refractivity contribution in [3.63, 3.8) is 0 Å². The van der Waals surface area contributed by atoms with Gasteiger partial charge in [-0.1, -0.05) is 12.1 Å². The summed E-state index contributed by atoms with van der Waals surface area (Å²) in [5, 5.41) is 3.47. The van der Waals surface area contributed by atoms with E-state index >= 15 is 0 Å². The molecule has 0 aliphatic carbocycles. The molecule has 0 aromatic heterocycles. The number of nitrogens with zero attached hydrogens (tertiary/aromatic N) is 2. The molecule has 1 aromatic carbocycles. The molecule has 1 N–H and O–H groups in total. The van der Waals surface area contributed by atoms with E-state index in [1.54, 1.807) is 7.11 Å². The maximum Gasteiger partial charge on any atom is 0.254 e. The highest BCUT2D eigenvalue weighted by atomic mass is 16.5. The molecule has 26 heavy (non-hydrogen) atoms. The van der Waals surface area contributed by atoms with Crippen LogP contribution in [0.25, 0.3) is 0 Å². The van der Waals surface area contributed by atoms with Crippen molar-refractivity contribution in [2.45, 2.75) is 37.6 Å². The minimum Gasteiger partial charge on any atom is -0.383 e. The molecule has 5 heteroatoms. The summed E-state index contributed by atoms with van der Waals surface area (Å²) >= 11 is 0. The van der Waals surface area contributed by atoms with E-state index in [4.69, 9.17) is 4.74 Å². The maximum absolute atomic E-state index is 13.3. The number of ether oxygens (including phenoxy) is 1. The van der Waals surface area contributed by atoms with Crippen molar-refractivity contribution >= 4 is 5.91 Å². The smallest absolute Gasteiger partial charge is 0.254 e. The molecule has 1 amide bonds. The number of carbonyl (C=O) groups excluding carboxylic acids is 1. The molecule has 2 fully saturated rings. The lowest BCUT2D eigenvalue weighted by Gasteiger charge is -2.37. The summed E-state index contributed by atoms with van der Waals surface area (Å²) in [6.07, 6.45) is 4.49. The molecule has 0 bridgehead atoms. The zero-order valence-corrected chi connectivity index (χ0v) is 16.2. The molecular formula is C21H33N3O2. The number of hydrogen-bond donors (Lipinski definition) is 1. The third-order valence-corrected chi connectivity index (χ3v) is 5.83. The van der Waals surface area contributed by atoms with Gasteiger partial charge in [0.1, 0.15) is 0 Å². The van der Waals surface area contributed by atoms with Gasteiger partial charge >= 0.3 is 0 Å². The van der Waals surface area contributed by atoms with Crippen LogP contribution in [-0.4, -0.2) is 75.2 Å². The molecule has 1 unspecified atom stereocenters. The number of methoxy groups -OCH3 is 1. The quantitative estimate of drug-likeness (QED) is 0.847. The van der Waals surface area contributed by atoms with Crippen molar-refractivity contribution in [2.75, 3.05) is 53.5 Å². The van der Waals surface area contributed by atoms with E-state index in [1.807, 2.05) is 12.1 Å². The van der Waals surface area contributed by atoms with Gasteiger partial charge in [0.2, 0.25) is 0 Å². The molecule has 1 atom stereocenters. The molecule has 0 spiro atoms. The van der Waals surface area contributed by atoms with Gasteiger partial charge in [-0.25, -0.2) is 0 Å². The largest absolute Gasteiger partial charge is 0.383 e. The number of nitrogens with one attached hydrogen (secondary N) is 1. The van der Waals surface area contributed by atoms with E-state index in [9.17, 15) is 4.79 Å². The van der Waals surface area contributed by atoms with Crippen LogP contribution in [0.1, 0.15) is 47.5 Å². The van der Waals surface area contributed by atoms with Gasteiger partial charge in [0, 0.05) is 31.8 Å². The van der Waals surface area contributed by atoms with E-state index in [2.05, 4.69) is 34.3 Å². The molecule has 2 aliphatic rings. The Kier molecular flexibility index (Phi) is 7.06. The lowest BCUT2D eigenvalue weighted by molar-refractivity contribution is 0.0505. The van der Waals surface area contributed by atoms with Crippen LogP contribution in [0, 0.1) is 0 Å². The second-order valence-corrected chi connectivity index (χ2v) is 7.69. The molecule has 0 saturated carbocycles. The fourth-order valence-corrected chi connectivity index (χ4v) is 4.17. The van der Waals surface area contributed by atoms with Gasteiger partial charge in [-0.2, -0.15) is 0 Å². The highest BCUT2D eigenvalue weighted by Crippen LogP contribution is 2.25. The van der Waals surface area contributed by atoms with E-state index < -0.39 is 0 Å². The summed E-state index contributed by atoms with van der Waals surface area (Å²) in [5.41, 5.74) is 2.11. The van der Waals surface area contributed by atoms with Gasteiger partial charge in [0.15, 0.2) is 0 Å². The predicted octanol–water partition coefficient (Wildman–Crippen LogP) is 2.34. The van der Waals surface area contributed by atoms with Crippen molar-refractivity contribution in [1.29, 1.82) is 0 Å². The van der Waals surface area contributed by atoms with Crippen molar-refractivity contribution in [2.24, 2.45) is 0 Å². The summed E-state index contributed by atoms with van der Waals surface area (Å²) in [6, 6.07) is 8.61. The SMILES string of the molecule is COCCN(C(=O)c1cccc(C2CCCNC2)c1)C1CCN(C)CC1. The van der Waals surface area contributed by atoms with Gasteiger partial charge in [-0.3, -0.25) is 4.79 Å². The Hall–Kier alpha value is -1.43. The lowest BCUT2D eigenvalue weighted by Crippen LogP contribution is -2.47. The number of likely N-dealkylation sites (tertiary alicyclic amines) is 1. The summed E-state index contributed by atoms with van der Waals surface area (Å²) in [5.74, 6) is 0.675. The normalized spacial score (nSPS) is 22.3. The van der Waals surface area contributed by atoms with Crippen LogP contribution in [0.5, 0.6) is 0 Å². The molecule has 1 aromatic rings. The zero-order valence-electron chi connectivity index (χ0n) is 16.2. The molecule has 5 nitrogen and oxygen atoms in total. The van der Waals surface area contributed by atoms with Crippen LogP contribution in [0.2, 0.25) is 0 Å². The number of rotatable bonds is 6. The van der Waals surface area contributed by atoms with Crippen LogP contribution in [0.4, 0.5) is 0 Å². The Morgan fingerprint density at radius 1 is 1.31 bits per heavy atom. The van der Waals surface area contributed by atoms with Crippen LogP contribution >= 0.6 is 0 Å². The van der Waals surface area contributed by atoms with E-state index in [-0.39, 0.29) is 5.91 Å². The van der Waals surface area contributed by atoms with Crippen molar-refractivity contribution < 1.29 is 9.53 Å². The van der Waals surface area contributed by atoms with Gasteiger partial charge in [0.05, 0.1) is 6.61 Å². The van der Waals surface area contributed by atoms with Crippen LogP contribution in [0.15, 0.2) is 24.3 Å². The summed E-state index contributed by atoms with van der Waals surface area (Å²) in [6.45, 7) is 5.48. The third kappa shape index (κ3) is 4.84. The molecule has 2 saturated heterocycles. The predicted molar refractivity (Wildman–Crippen MR) is 105 cm³/mol. The second-order valence-electron chi connectivity index (χ2n) is 7.69. The lowest BCUT2D eigenvalue weighted by atomic mass is 9.90. The summed E-state index contributed by atoms with van der Waals surface area (Å²) in [4.78, 5) is 17.7. The third-order valence-electron chi connectivity index (χ3n) is 5.83. The first-order valence-electron chi connectivity index (χ1n) is 9.98. The van der Waals surface area contributed by atoms with Gasteiger partial charge in [-0.05, 0) is 76.0 Å². The number of hydrogen-bond acceptors (Lipinski definition) is 4. The first-order valence-corrected chi connectivity index (χ1v) is 9.98. The van der Waals surface area contributed by atoms with E-state index in [0.29, 0.717) is 25.1 Å². The van der Waals surface area contributed by atoms with Gasteiger partial charge < -0.3 is 19.9 Å². The average molecular weight is 360 g/mol. The second kappa shape index (κ2) is 9.49. The molecular weight excluding hydrogens is 326 g/mol. The number of benzene rings is 1. The Morgan fingerprint density at radius 3 is 2.81 bits per heavy atom. The maximum atomic E-state index is 13.3. The topological polar surface area (TPSA) is 44.8 Å². The van der Waals surface area contributed by atoms with Crippen LogP contribution < -0.4 is 5.32 Å². The highest BCUT2D eigenvalue weighted by Gasteiger charge is 2.28. The fraction of sp³-hybridized carbons (Fsp3) is 0.667. The Balaban J connectivity index is 1.75. The van der Waals surface area contributed by atoms with Crippen molar-refractivity contribution in [1.82, 2.24) is 15.1 Å². The minimum absolute atomic E-state index is 0.155. The first-order chi connectivity index (χ1) is 12.7. The highest BCUT2D eigenvalue weighted by molar-refractivity contribution is 5.94. The monoisotopic (exact) mass is 359 g/mol. The summed E-state index contributed by atoms with van der Waals surface area (Å²) < 4.78 is 5.28. The fourth-order valence-electron chi connectivity index (χ4n) is 4.17. The molecule has 3 rings (SSSR count). The standard InChI is InChI=1S/C21H33N3O2/c1-23-11-8-20(9-12-23)24(13-14-26-2)21(25)18-6-3-5-17(15-18)19-7-4-10-22-16-19/h3,5-6,15,19-20,22H,4,7-14,16H2,1-2H3. The minimum atomic E-state index is 0.155. The number of carbonyl (C=O) groups is 1. The number of piperidine rings is 2. The molecule has 2 aliphatic heterocycles. The zero-order chi connectivity index (χ0) is 18.4. The Labute approximate surface area is 157 Å². The van der Waals surface area contributed by atoms with Crippen molar-refractivity contribution in [3.05, 3.63) is 35.4 Å². The Bertz CT molecular complexity index is 578. The average Bonchev–Trinajstić information content (AvgIpc) is 2.70. The molecule has 2 heterocycles. The van der Waals surface area contributed by atoms with E-state index in [1.165, 1.54) is 18.4 Å². The van der Waals surface area contributed by atoms with Crippen molar-refractivity contribution in [3.8, 4) is 0 Å². The van der Waals surface area contributed by atoms with Crippen LogP contribution in [0.3, 0.4) is 0 Å². The Morgan fingerprint density at radius 2 is 2.12 bits per heavy atom. The molecule has 144 valence electrons. The number of amides is 1. The van der Waals surface area contributed by atoms with Gasteiger partial charge in [0.25, 0.3) is 5.91 Å². The van der Waals surface area contributed by atoms with E-state index in [0.717, 1.165) is 44.6 Å². The first kappa shape index (κ1) is 19.3.